The standard InChI is InChI=1S/C31H43N3O9/c1-20-31(14-13-27(36)43-30(2,3)4,33-28(42-20)21-9-11-22(12-10-21)41-16-8-15-35)29(37)34-32-19-24-25(39-6)17-23(38-5)18-26(24)40-7/h9-12,17-18,20,32,35H,8,13-16,19H2,1-7H3,(H,34,37)/t20-,31-/m0/s1. The summed E-state index contributed by atoms with van der Waals surface area (Å²) in [7, 11) is 4.61. The van der Waals surface area contributed by atoms with Crippen LogP contribution in [0.25, 0.3) is 0 Å². The molecule has 0 saturated heterocycles. The Hall–Kier alpha value is -4.03. The van der Waals surface area contributed by atoms with E-state index in [1.165, 1.54) is 14.2 Å². The maximum atomic E-state index is 13.8. The Morgan fingerprint density at radius 3 is 2.23 bits per heavy atom. The summed E-state index contributed by atoms with van der Waals surface area (Å²) in [6, 6.07) is 10.5. The summed E-state index contributed by atoms with van der Waals surface area (Å²) in [5.74, 6) is 1.57. The van der Waals surface area contributed by atoms with E-state index in [0.29, 0.717) is 47.2 Å². The highest BCUT2D eigenvalue weighted by atomic mass is 16.6. The molecule has 12 heteroatoms. The minimum absolute atomic E-state index is 0.0457. The lowest BCUT2D eigenvalue weighted by atomic mass is 9.88. The molecule has 12 nitrogen and oxygen atoms in total. The molecule has 0 aliphatic carbocycles. The number of amides is 1. The van der Waals surface area contributed by atoms with Crippen molar-refractivity contribution < 1.29 is 43.1 Å². The lowest BCUT2D eigenvalue weighted by Gasteiger charge is -2.28. The maximum absolute atomic E-state index is 13.8. The molecule has 2 aromatic rings. The molecule has 1 amide bonds. The topological polar surface area (TPSA) is 146 Å². The monoisotopic (exact) mass is 601 g/mol. The van der Waals surface area contributed by atoms with E-state index in [-0.39, 0.29) is 31.9 Å². The largest absolute Gasteiger partial charge is 0.496 e. The van der Waals surface area contributed by atoms with Gasteiger partial charge in [0.15, 0.2) is 5.54 Å². The van der Waals surface area contributed by atoms with E-state index >= 15 is 0 Å². The van der Waals surface area contributed by atoms with Crippen molar-refractivity contribution in [1.82, 2.24) is 10.9 Å². The Morgan fingerprint density at radius 1 is 1.02 bits per heavy atom. The minimum atomic E-state index is -1.43. The summed E-state index contributed by atoms with van der Waals surface area (Å²) in [6.07, 6.45) is -0.168. The first-order valence-electron chi connectivity index (χ1n) is 14.1. The van der Waals surface area contributed by atoms with Gasteiger partial charge in [-0.3, -0.25) is 15.0 Å². The van der Waals surface area contributed by atoms with Crippen molar-refractivity contribution in [2.45, 2.75) is 70.7 Å². The summed E-state index contributed by atoms with van der Waals surface area (Å²) in [5.41, 5.74) is 4.91. The molecule has 0 unspecified atom stereocenters. The maximum Gasteiger partial charge on any atom is 0.306 e. The number of nitrogens with zero attached hydrogens (tertiary/aromatic N) is 1. The van der Waals surface area contributed by atoms with Crippen LogP contribution >= 0.6 is 0 Å². The molecule has 0 saturated carbocycles. The molecule has 0 fully saturated rings. The van der Waals surface area contributed by atoms with Crippen molar-refractivity contribution in [2.75, 3.05) is 34.5 Å². The van der Waals surface area contributed by atoms with E-state index in [1.54, 1.807) is 71.2 Å². The molecule has 2 atom stereocenters. The molecular formula is C31H43N3O9. The number of rotatable bonds is 15. The number of methoxy groups -OCH3 is 3. The molecular weight excluding hydrogens is 558 g/mol. The van der Waals surface area contributed by atoms with Gasteiger partial charge in [-0.25, -0.2) is 10.4 Å². The van der Waals surface area contributed by atoms with Crippen molar-refractivity contribution in [3.8, 4) is 23.0 Å². The minimum Gasteiger partial charge on any atom is -0.496 e. The third kappa shape index (κ3) is 8.74. The van der Waals surface area contributed by atoms with Crippen molar-refractivity contribution >= 4 is 17.8 Å². The van der Waals surface area contributed by atoms with Crippen LogP contribution in [0.1, 0.15) is 58.1 Å². The number of aliphatic imine (C=N–C) groups is 1. The second-order valence-electron chi connectivity index (χ2n) is 11.0. The molecule has 0 radical (unpaired) electrons. The van der Waals surface area contributed by atoms with Crippen LogP contribution in [-0.4, -0.2) is 74.7 Å². The van der Waals surface area contributed by atoms with Gasteiger partial charge in [0.25, 0.3) is 5.91 Å². The van der Waals surface area contributed by atoms with E-state index in [4.69, 9.17) is 38.5 Å². The molecule has 0 aromatic heterocycles. The SMILES string of the molecule is COc1cc(OC)c(CNNC(=O)[C@@]2(CCC(=O)OC(C)(C)C)N=C(c3ccc(OCCCO)cc3)O[C@H]2C)c(OC)c1. The second-order valence-corrected chi connectivity index (χ2v) is 11.0. The number of hydrogen-bond acceptors (Lipinski definition) is 11. The highest BCUT2D eigenvalue weighted by Gasteiger charge is 2.50. The smallest absolute Gasteiger partial charge is 0.306 e. The van der Waals surface area contributed by atoms with Crippen LogP contribution in [0, 0.1) is 0 Å². The van der Waals surface area contributed by atoms with Gasteiger partial charge in [-0.2, -0.15) is 0 Å². The Kier molecular flexibility index (Phi) is 11.6. The number of benzene rings is 2. The number of nitrogens with one attached hydrogen (secondary N) is 2. The molecule has 1 heterocycles. The Labute approximate surface area is 252 Å². The Morgan fingerprint density at radius 2 is 1.67 bits per heavy atom. The van der Waals surface area contributed by atoms with E-state index in [0.717, 1.165) is 0 Å². The van der Waals surface area contributed by atoms with Gasteiger partial charge < -0.3 is 33.5 Å². The fraction of sp³-hybridized carbons (Fsp3) is 0.516. The zero-order valence-corrected chi connectivity index (χ0v) is 25.9. The number of aliphatic hydroxyl groups is 1. The van der Waals surface area contributed by atoms with Gasteiger partial charge in [0.2, 0.25) is 5.90 Å². The summed E-state index contributed by atoms with van der Waals surface area (Å²) in [5, 5.41) is 8.97. The van der Waals surface area contributed by atoms with Gasteiger partial charge in [-0.15, -0.1) is 0 Å². The number of aliphatic hydroxyl groups excluding tert-OH is 1. The summed E-state index contributed by atoms with van der Waals surface area (Å²) in [4.78, 5) is 31.2. The van der Waals surface area contributed by atoms with Gasteiger partial charge in [0.1, 0.15) is 34.7 Å². The van der Waals surface area contributed by atoms with Crippen LogP contribution in [0.15, 0.2) is 41.4 Å². The molecule has 1 aliphatic heterocycles. The number of carbonyl (C=O) groups is 2. The van der Waals surface area contributed by atoms with Crippen molar-refractivity contribution in [3.05, 3.63) is 47.5 Å². The average Bonchev–Trinajstić information content (AvgIpc) is 3.32. The number of hydrazine groups is 1. The average molecular weight is 602 g/mol. The lowest BCUT2D eigenvalue weighted by Crippen LogP contribution is -2.54. The zero-order chi connectivity index (χ0) is 31.6. The van der Waals surface area contributed by atoms with Gasteiger partial charge in [0.05, 0.1) is 33.5 Å². The Bertz CT molecular complexity index is 1250. The second kappa shape index (κ2) is 14.9. The van der Waals surface area contributed by atoms with E-state index < -0.39 is 29.1 Å². The number of hydrogen-bond donors (Lipinski definition) is 3. The molecule has 0 spiro atoms. The fourth-order valence-electron chi connectivity index (χ4n) is 4.51. The van der Waals surface area contributed by atoms with Crippen molar-refractivity contribution in [1.29, 1.82) is 0 Å². The lowest BCUT2D eigenvalue weighted by molar-refractivity contribution is -0.155. The van der Waals surface area contributed by atoms with Crippen LogP contribution in [-0.2, 0) is 25.6 Å². The summed E-state index contributed by atoms with van der Waals surface area (Å²) >= 11 is 0. The summed E-state index contributed by atoms with van der Waals surface area (Å²) in [6.45, 7) is 7.69. The highest BCUT2D eigenvalue weighted by molar-refractivity contribution is 6.00. The molecule has 3 N–H and O–H groups in total. The van der Waals surface area contributed by atoms with E-state index in [1.807, 2.05) is 0 Å². The fourth-order valence-corrected chi connectivity index (χ4v) is 4.51. The first-order valence-corrected chi connectivity index (χ1v) is 14.1. The normalized spacial score (nSPS) is 17.9. The predicted octanol–water partition coefficient (Wildman–Crippen LogP) is 3.32. The molecule has 2 aromatic carbocycles. The number of esters is 1. The van der Waals surface area contributed by atoms with Crippen molar-refractivity contribution in [3.63, 3.8) is 0 Å². The first-order chi connectivity index (χ1) is 20.5. The predicted molar refractivity (Wildman–Crippen MR) is 160 cm³/mol. The van der Waals surface area contributed by atoms with Gasteiger partial charge in [0, 0.05) is 43.7 Å². The molecule has 1 aliphatic rings. The van der Waals surface area contributed by atoms with Crippen LogP contribution in [0.2, 0.25) is 0 Å². The highest BCUT2D eigenvalue weighted by Crippen LogP contribution is 2.35. The van der Waals surface area contributed by atoms with Gasteiger partial charge >= 0.3 is 5.97 Å². The van der Waals surface area contributed by atoms with Gasteiger partial charge in [-0.05, 0) is 58.4 Å². The quantitative estimate of drug-likeness (QED) is 0.158. The molecule has 3 rings (SSSR count). The molecule has 236 valence electrons. The van der Waals surface area contributed by atoms with Gasteiger partial charge in [-0.1, -0.05) is 0 Å². The zero-order valence-electron chi connectivity index (χ0n) is 25.9. The van der Waals surface area contributed by atoms with Crippen molar-refractivity contribution in [2.24, 2.45) is 4.99 Å². The third-order valence-corrected chi connectivity index (χ3v) is 6.74. The molecule has 0 bridgehead atoms. The van der Waals surface area contributed by atoms with E-state index in [9.17, 15) is 9.59 Å². The summed E-state index contributed by atoms with van der Waals surface area (Å²) < 4.78 is 33.5. The van der Waals surface area contributed by atoms with Crippen LogP contribution in [0.3, 0.4) is 0 Å². The third-order valence-electron chi connectivity index (χ3n) is 6.74. The Balaban J connectivity index is 1.84. The van der Waals surface area contributed by atoms with E-state index in [2.05, 4.69) is 10.9 Å². The first kappa shape index (κ1) is 33.5. The molecule has 43 heavy (non-hydrogen) atoms. The van der Waals surface area contributed by atoms with Crippen LogP contribution < -0.4 is 29.8 Å². The van der Waals surface area contributed by atoms with Crippen LogP contribution in [0.5, 0.6) is 23.0 Å². The van der Waals surface area contributed by atoms with Crippen LogP contribution in [0.4, 0.5) is 0 Å². The number of ether oxygens (including phenoxy) is 6. The number of carbonyl (C=O) groups excluding carboxylic acids is 2.